The highest BCUT2D eigenvalue weighted by Crippen LogP contribution is 2.30. The summed E-state index contributed by atoms with van der Waals surface area (Å²) in [5, 5.41) is 9.44. The van der Waals surface area contributed by atoms with Gasteiger partial charge in [-0.05, 0) is 50.8 Å². The Morgan fingerprint density at radius 1 is 1.12 bits per heavy atom. The molecule has 5 rings (SSSR count). The molecular formula is C24H29ClN6O. The zero-order chi connectivity index (χ0) is 22.1. The van der Waals surface area contributed by atoms with Gasteiger partial charge in [-0.2, -0.15) is 5.10 Å². The number of benzene rings is 1. The minimum atomic E-state index is -0.0148. The lowest BCUT2D eigenvalue weighted by Crippen LogP contribution is -2.46. The number of nitrogens with one attached hydrogen (secondary N) is 1. The molecule has 32 heavy (non-hydrogen) atoms. The highest BCUT2D eigenvalue weighted by atomic mass is 35.5. The Morgan fingerprint density at radius 3 is 2.78 bits per heavy atom. The average Bonchev–Trinajstić information content (AvgIpc) is 3.23. The maximum atomic E-state index is 13.0. The van der Waals surface area contributed by atoms with E-state index in [-0.39, 0.29) is 11.8 Å². The van der Waals surface area contributed by atoms with Crippen molar-refractivity contribution in [3.05, 3.63) is 41.3 Å². The van der Waals surface area contributed by atoms with Gasteiger partial charge in [-0.1, -0.05) is 36.9 Å². The molecule has 3 aromatic rings. The van der Waals surface area contributed by atoms with E-state index >= 15 is 0 Å². The molecule has 2 fully saturated rings. The van der Waals surface area contributed by atoms with Crippen LogP contribution < -0.4 is 10.2 Å². The molecule has 1 amide bonds. The number of amides is 1. The Balaban J connectivity index is 1.41. The Bertz CT molecular complexity index is 1120. The van der Waals surface area contributed by atoms with Crippen molar-refractivity contribution < 1.29 is 4.79 Å². The highest BCUT2D eigenvalue weighted by Gasteiger charge is 2.30. The molecule has 0 spiro atoms. The van der Waals surface area contributed by atoms with Crippen molar-refractivity contribution in [1.29, 1.82) is 0 Å². The summed E-state index contributed by atoms with van der Waals surface area (Å²) in [6.45, 7) is 3.45. The van der Waals surface area contributed by atoms with Crippen LogP contribution in [0.2, 0.25) is 5.02 Å². The summed E-state index contributed by atoms with van der Waals surface area (Å²) in [7, 11) is 0. The second kappa shape index (κ2) is 9.06. The Morgan fingerprint density at radius 2 is 1.97 bits per heavy atom. The number of hydrogen-bond donors (Lipinski definition) is 1. The molecule has 1 saturated heterocycles. The van der Waals surface area contributed by atoms with Crippen molar-refractivity contribution in [2.24, 2.45) is 5.92 Å². The van der Waals surface area contributed by atoms with E-state index in [0.717, 1.165) is 54.8 Å². The standard InChI is InChI=1S/C24H29ClN6O/c1-16-27-22(21-14-26-31(23(21)28-16)20-11-5-8-18(25)13-20)30-12-6-7-17(15-30)24(32)29-19-9-3-2-4-10-19/h5,8,11,13-14,17,19H,2-4,6-7,9-10,12,15H2,1H3,(H,29,32). The third-order valence-electron chi connectivity index (χ3n) is 6.62. The molecule has 0 bridgehead atoms. The molecule has 2 aliphatic rings. The number of rotatable bonds is 4. The minimum absolute atomic E-state index is 0.0148. The molecule has 0 radical (unpaired) electrons. The fourth-order valence-electron chi connectivity index (χ4n) is 4.99. The molecule has 1 unspecified atom stereocenters. The lowest BCUT2D eigenvalue weighted by molar-refractivity contribution is -0.126. The third kappa shape index (κ3) is 4.31. The molecule has 1 aromatic carbocycles. The van der Waals surface area contributed by atoms with Gasteiger partial charge in [-0.25, -0.2) is 14.6 Å². The number of hydrogen-bond acceptors (Lipinski definition) is 5. The largest absolute Gasteiger partial charge is 0.355 e. The van der Waals surface area contributed by atoms with Crippen molar-refractivity contribution in [3.8, 4) is 5.69 Å². The number of fused-ring (bicyclic) bond motifs is 1. The van der Waals surface area contributed by atoms with E-state index in [1.807, 2.05) is 37.4 Å². The second-order valence-corrected chi connectivity index (χ2v) is 9.43. The topological polar surface area (TPSA) is 75.9 Å². The number of carbonyl (C=O) groups is 1. The molecule has 7 nitrogen and oxygen atoms in total. The number of aromatic nitrogens is 4. The molecule has 1 aliphatic heterocycles. The molecule has 1 atom stereocenters. The molecule has 3 heterocycles. The summed E-state index contributed by atoms with van der Waals surface area (Å²) < 4.78 is 1.80. The quantitative estimate of drug-likeness (QED) is 0.633. The summed E-state index contributed by atoms with van der Waals surface area (Å²) in [6, 6.07) is 7.92. The van der Waals surface area contributed by atoms with Crippen LogP contribution in [0.1, 0.15) is 50.8 Å². The first-order valence-electron chi connectivity index (χ1n) is 11.6. The lowest BCUT2D eigenvalue weighted by atomic mass is 9.93. The van der Waals surface area contributed by atoms with Gasteiger partial charge in [-0.3, -0.25) is 4.79 Å². The molecular weight excluding hydrogens is 424 g/mol. The fourth-order valence-corrected chi connectivity index (χ4v) is 5.17. The Kier molecular flexibility index (Phi) is 6.00. The van der Waals surface area contributed by atoms with Crippen LogP contribution in [0.5, 0.6) is 0 Å². The van der Waals surface area contributed by atoms with E-state index < -0.39 is 0 Å². The highest BCUT2D eigenvalue weighted by molar-refractivity contribution is 6.30. The van der Waals surface area contributed by atoms with Crippen LogP contribution in [-0.4, -0.2) is 44.8 Å². The lowest BCUT2D eigenvalue weighted by Gasteiger charge is -2.34. The van der Waals surface area contributed by atoms with E-state index in [2.05, 4.69) is 20.3 Å². The third-order valence-corrected chi connectivity index (χ3v) is 6.85. The predicted octanol–water partition coefficient (Wildman–Crippen LogP) is 4.44. The summed E-state index contributed by atoms with van der Waals surface area (Å²) in [6.07, 6.45) is 9.65. The average molecular weight is 453 g/mol. The smallest absolute Gasteiger partial charge is 0.225 e. The number of carbonyl (C=O) groups excluding carboxylic acids is 1. The van der Waals surface area contributed by atoms with Crippen LogP contribution >= 0.6 is 11.6 Å². The zero-order valence-corrected chi connectivity index (χ0v) is 19.2. The second-order valence-electron chi connectivity index (χ2n) is 9.00. The van der Waals surface area contributed by atoms with E-state index in [1.54, 1.807) is 4.68 Å². The number of aryl methyl sites for hydroxylation is 1. The van der Waals surface area contributed by atoms with Crippen LogP contribution in [0.3, 0.4) is 0 Å². The fraction of sp³-hybridized carbons (Fsp3) is 0.500. The van der Waals surface area contributed by atoms with Gasteiger partial charge >= 0.3 is 0 Å². The van der Waals surface area contributed by atoms with E-state index in [9.17, 15) is 4.79 Å². The van der Waals surface area contributed by atoms with Crippen molar-refractivity contribution >= 4 is 34.4 Å². The summed E-state index contributed by atoms with van der Waals surface area (Å²) in [4.78, 5) is 24.7. The molecule has 168 valence electrons. The summed E-state index contributed by atoms with van der Waals surface area (Å²) >= 11 is 6.19. The number of nitrogens with zero attached hydrogens (tertiary/aromatic N) is 5. The number of halogens is 1. The van der Waals surface area contributed by atoms with Gasteiger partial charge in [-0.15, -0.1) is 0 Å². The maximum Gasteiger partial charge on any atom is 0.225 e. The number of anilines is 1. The van der Waals surface area contributed by atoms with Gasteiger partial charge in [0.25, 0.3) is 0 Å². The Hall–Kier alpha value is -2.67. The van der Waals surface area contributed by atoms with Gasteiger partial charge in [0, 0.05) is 24.2 Å². The van der Waals surface area contributed by atoms with Crippen molar-refractivity contribution in [2.75, 3.05) is 18.0 Å². The first kappa shape index (κ1) is 21.2. The monoisotopic (exact) mass is 452 g/mol. The molecule has 1 aliphatic carbocycles. The summed E-state index contributed by atoms with van der Waals surface area (Å²) in [5.74, 6) is 1.72. The van der Waals surface area contributed by atoms with E-state index in [4.69, 9.17) is 16.6 Å². The molecule has 1 N–H and O–H groups in total. The van der Waals surface area contributed by atoms with Gasteiger partial charge in [0.15, 0.2) is 5.65 Å². The first-order valence-corrected chi connectivity index (χ1v) is 12.0. The maximum absolute atomic E-state index is 13.0. The van der Waals surface area contributed by atoms with E-state index in [0.29, 0.717) is 23.4 Å². The van der Waals surface area contributed by atoms with Crippen LogP contribution in [0.4, 0.5) is 5.82 Å². The van der Waals surface area contributed by atoms with Gasteiger partial charge in [0.2, 0.25) is 5.91 Å². The van der Waals surface area contributed by atoms with Crippen molar-refractivity contribution in [3.63, 3.8) is 0 Å². The van der Waals surface area contributed by atoms with Crippen LogP contribution in [-0.2, 0) is 4.79 Å². The van der Waals surface area contributed by atoms with E-state index in [1.165, 1.54) is 19.3 Å². The SMILES string of the molecule is Cc1nc(N2CCCC(C(=O)NC3CCCCC3)C2)c2cnn(-c3cccc(Cl)c3)c2n1. The van der Waals surface area contributed by atoms with Gasteiger partial charge < -0.3 is 10.2 Å². The Labute approximate surface area is 193 Å². The van der Waals surface area contributed by atoms with Crippen molar-refractivity contribution in [1.82, 2.24) is 25.1 Å². The van der Waals surface area contributed by atoms with Gasteiger partial charge in [0.1, 0.15) is 11.6 Å². The molecule has 2 aromatic heterocycles. The van der Waals surface area contributed by atoms with Crippen LogP contribution in [0.25, 0.3) is 16.7 Å². The van der Waals surface area contributed by atoms with Crippen LogP contribution in [0, 0.1) is 12.8 Å². The zero-order valence-electron chi connectivity index (χ0n) is 18.4. The predicted molar refractivity (Wildman–Crippen MR) is 126 cm³/mol. The first-order chi connectivity index (χ1) is 15.6. The van der Waals surface area contributed by atoms with Gasteiger partial charge in [0.05, 0.1) is 23.2 Å². The normalized spacial score (nSPS) is 19.9. The minimum Gasteiger partial charge on any atom is -0.355 e. The molecule has 1 saturated carbocycles. The van der Waals surface area contributed by atoms with Crippen LogP contribution in [0.15, 0.2) is 30.5 Å². The summed E-state index contributed by atoms with van der Waals surface area (Å²) in [5.41, 5.74) is 1.61. The molecule has 8 heteroatoms. The number of piperidine rings is 1. The van der Waals surface area contributed by atoms with Crippen molar-refractivity contribution in [2.45, 2.75) is 57.9 Å².